The Balaban J connectivity index is 4.34. The maximum atomic E-state index is 12.9. The normalized spacial score (nSPS) is 12.4. The van der Waals surface area contributed by atoms with Crippen LogP contribution >= 0.6 is 0 Å². The summed E-state index contributed by atoms with van der Waals surface area (Å²) in [5.74, 6) is -0.901. The Hall–Kier alpha value is -2.89. The first-order chi connectivity index (χ1) is 35.0. The van der Waals surface area contributed by atoms with Gasteiger partial charge in [-0.25, -0.2) is 0 Å². The highest BCUT2D eigenvalue weighted by atomic mass is 16.6. The fraction of sp³-hybridized carbons (Fsp3) is 0.800. The molecule has 0 spiro atoms. The topological polar surface area (TPSA) is 78.9 Å². The molecule has 0 aromatic rings. The molecule has 6 heteroatoms. The SMILES string of the molecule is CC/C=C\C/C=C\C/C=C\CCCCCC(=O)OCC(COC(=O)CCCCCCCCCCC/C=C\C/C=C\CCCCCCC)OC(=O)CCCCCCCCCCCCCCCCCCCCC. The second-order valence-corrected chi connectivity index (χ2v) is 20.6. The Bertz CT molecular complexity index is 1280. The summed E-state index contributed by atoms with van der Waals surface area (Å²) in [6.07, 6.45) is 75.1. The smallest absolute Gasteiger partial charge is 0.306 e. The van der Waals surface area contributed by atoms with E-state index >= 15 is 0 Å². The molecule has 0 heterocycles. The average Bonchev–Trinajstić information content (AvgIpc) is 3.37. The highest BCUT2D eigenvalue weighted by Gasteiger charge is 2.19. The zero-order chi connectivity index (χ0) is 51.4. The van der Waals surface area contributed by atoms with Crippen LogP contribution in [0.3, 0.4) is 0 Å². The summed E-state index contributed by atoms with van der Waals surface area (Å²) in [4.78, 5) is 38.2. The third-order valence-corrected chi connectivity index (χ3v) is 13.5. The second-order valence-electron chi connectivity index (χ2n) is 20.6. The third kappa shape index (κ3) is 57.9. The molecule has 0 aromatic carbocycles. The summed E-state index contributed by atoms with van der Waals surface area (Å²) in [5, 5.41) is 0. The molecule has 6 nitrogen and oxygen atoms in total. The van der Waals surface area contributed by atoms with Crippen LogP contribution in [-0.4, -0.2) is 37.2 Å². The summed E-state index contributed by atoms with van der Waals surface area (Å²) in [7, 11) is 0. The fourth-order valence-electron chi connectivity index (χ4n) is 8.90. The lowest BCUT2D eigenvalue weighted by molar-refractivity contribution is -0.167. The molecule has 0 rings (SSSR count). The summed E-state index contributed by atoms with van der Waals surface area (Å²) in [5.41, 5.74) is 0. The van der Waals surface area contributed by atoms with E-state index in [9.17, 15) is 14.4 Å². The molecule has 0 fully saturated rings. The second kappa shape index (κ2) is 59.7. The van der Waals surface area contributed by atoms with Crippen molar-refractivity contribution in [1.82, 2.24) is 0 Å². The van der Waals surface area contributed by atoms with Crippen LogP contribution in [0.4, 0.5) is 0 Å². The lowest BCUT2D eigenvalue weighted by Crippen LogP contribution is -2.30. The van der Waals surface area contributed by atoms with Crippen LogP contribution in [0, 0.1) is 0 Å². The monoisotopic (exact) mass is 993 g/mol. The van der Waals surface area contributed by atoms with E-state index in [1.165, 1.54) is 186 Å². The van der Waals surface area contributed by atoms with Gasteiger partial charge >= 0.3 is 17.9 Å². The van der Waals surface area contributed by atoms with Crippen molar-refractivity contribution in [3.05, 3.63) is 60.8 Å². The molecule has 71 heavy (non-hydrogen) atoms. The molecule has 0 amide bonds. The third-order valence-electron chi connectivity index (χ3n) is 13.5. The number of rotatable bonds is 56. The summed E-state index contributed by atoms with van der Waals surface area (Å²) >= 11 is 0. The number of hydrogen-bond acceptors (Lipinski definition) is 6. The van der Waals surface area contributed by atoms with Crippen LogP contribution in [0.2, 0.25) is 0 Å². The van der Waals surface area contributed by atoms with E-state index in [1.54, 1.807) is 0 Å². The number of allylic oxidation sites excluding steroid dienone is 10. The molecular weight excluding hydrogens is 877 g/mol. The fourth-order valence-corrected chi connectivity index (χ4v) is 8.90. The lowest BCUT2D eigenvalue weighted by atomic mass is 10.0. The number of hydrogen-bond donors (Lipinski definition) is 0. The van der Waals surface area contributed by atoms with Crippen molar-refractivity contribution in [2.24, 2.45) is 0 Å². The molecule has 1 atom stereocenters. The molecule has 412 valence electrons. The van der Waals surface area contributed by atoms with Gasteiger partial charge in [0.1, 0.15) is 13.2 Å². The minimum atomic E-state index is -0.787. The molecule has 0 N–H and O–H groups in total. The Morgan fingerprint density at radius 3 is 0.873 bits per heavy atom. The quantitative estimate of drug-likeness (QED) is 0.0261. The molecule has 0 aliphatic rings. The first-order valence-electron chi connectivity index (χ1n) is 30.8. The minimum absolute atomic E-state index is 0.0832. The summed E-state index contributed by atoms with van der Waals surface area (Å²) in [6, 6.07) is 0. The van der Waals surface area contributed by atoms with Crippen LogP contribution in [0.25, 0.3) is 0 Å². The lowest BCUT2D eigenvalue weighted by Gasteiger charge is -2.18. The van der Waals surface area contributed by atoms with Crippen molar-refractivity contribution in [3.8, 4) is 0 Å². The highest BCUT2D eigenvalue weighted by Crippen LogP contribution is 2.17. The number of carbonyl (C=O) groups excluding carboxylic acids is 3. The van der Waals surface area contributed by atoms with Crippen molar-refractivity contribution in [2.75, 3.05) is 13.2 Å². The molecule has 0 aliphatic carbocycles. The van der Waals surface area contributed by atoms with Crippen molar-refractivity contribution >= 4 is 17.9 Å². The predicted molar refractivity (Wildman–Crippen MR) is 307 cm³/mol. The van der Waals surface area contributed by atoms with Gasteiger partial charge in [-0.1, -0.05) is 274 Å². The molecule has 0 aliphatic heterocycles. The Kier molecular flexibility index (Phi) is 57.2. The number of unbranched alkanes of at least 4 members (excludes halogenated alkanes) is 35. The van der Waals surface area contributed by atoms with E-state index in [-0.39, 0.29) is 31.1 Å². The van der Waals surface area contributed by atoms with Gasteiger partial charge in [-0.05, 0) is 83.5 Å². The van der Waals surface area contributed by atoms with Crippen LogP contribution in [-0.2, 0) is 28.6 Å². The molecule has 0 saturated carbocycles. The minimum Gasteiger partial charge on any atom is -0.462 e. The zero-order valence-electron chi connectivity index (χ0n) is 47.2. The van der Waals surface area contributed by atoms with Crippen molar-refractivity contribution in [2.45, 2.75) is 322 Å². The van der Waals surface area contributed by atoms with Gasteiger partial charge in [-0.2, -0.15) is 0 Å². The van der Waals surface area contributed by atoms with E-state index in [1.807, 2.05) is 0 Å². The van der Waals surface area contributed by atoms with Crippen LogP contribution < -0.4 is 0 Å². The Morgan fingerprint density at radius 2 is 0.549 bits per heavy atom. The Morgan fingerprint density at radius 1 is 0.296 bits per heavy atom. The standard InChI is InChI=1S/C65H116O6/c1-4-7-10-13-16-19-22-25-27-29-31-32-34-35-37-40-43-46-49-52-55-58-64(67)70-61-62(60-69-63(66)57-54-51-48-45-42-39-24-21-18-15-12-9-6-3)71-65(68)59-56-53-50-47-44-41-38-36-33-30-28-26-23-20-17-14-11-8-5-2/h9,12,18,21-22,25,29,31,39,42,62H,4-8,10-11,13-17,19-20,23-24,26-28,30,32-38,40-41,43-61H2,1-3H3/b12-9-,21-18-,25-22-,31-29-,42-39-. The van der Waals surface area contributed by atoms with Crippen molar-refractivity contribution in [1.29, 1.82) is 0 Å². The van der Waals surface area contributed by atoms with Gasteiger partial charge in [-0.15, -0.1) is 0 Å². The van der Waals surface area contributed by atoms with Gasteiger partial charge in [0, 0.05) is 19.3 Å². The molecule has 0 radical (unpaired) electrons. The number of esters is 3. The molecule has 1 unspecified atom stereocenters. The molecular formula is C65H116O6. The van der Waals surface area contributed by atoms with Crippen LogP contribution in [0.1, 0.15) is 316 Å². The van der Waals surface area contributed by atoms with Gasteiger partial charge in [0.25, 0.3) is 0 Å². The maximum absolute atomic E-state index is 12.9. The van der Waals surface area contributed by atoms with Crippen molar-refractivity contribution < 1.29 is 28.6 Å². The van der Waals surface area contributed by atoms with E-state index in [0.717, 1.165) is 89.9 Å². The number of ether oxygens (including phenoxy) is 3. The van der Waals surface area contributed by atoms with Gasteiger partial charge in [-0.3, -0.25) is 14.4 Å². The van der Waals surface area contributed by atoms with E-state index in [2.05, 4.69) is 81.5 Å². The number of carbonyl (C=O) groups is 3. The molecule has 0 aromatic heterocycles. The summed E-state index contributed by atoms with van der Waals surface area (Å²) in [6.45, 7) is 6.53. The zero-order valence-corrected chi connectivity index (χ0v) is 47.2. The van der Waals surface area contributed by atoms with Gasteiger partial charge in [0.15, 0.2) is 6.10 Å². The first kappa shape index (κ1) is 68.1. The summed E-state index contributed by atoms with van der Waals surface area (Å²) < 4.78 is 16.9. The predicted octanol–water partition coefficient (Wildman–Crippen LogP) is 20.8. The van der Waals surface area contributed by atoms with Crippen LogP contribution in [0.15, 0.2) is 60.8 Å². The van der Waals surface area contributed by atoms with E-state index in [0.29, 0.717) is 19.3 Å². The van der Waals surface area contributed by atoms with Crippen LogP contribution in [0.5, 0.6) is 0 Å². The molecule has 0 saturated heterocycles. The van der Waals surface area contributed by atoms with Gasteiger partial charge in [0.2, 0.25) is 0 Å². The average molecular weight is 994 g/mol. The Labute approximate surface area is 440 Å². The largest absolute Gasteiger partial charge is 0.462 e. The van der Waals surface area contributed by atoms with E-state index < -0.39 is 6.10 Å². The highest BCUT2D eigenvalue weighted by molar-refractivity contribution is 5.71. The first-order valence-corrected chi connectivity index (χ1v) is 30.8. The van der Waals surface area contributed by atoms with E-state index in [4.69, 9.17) is 14.2 Å². The molecule has 0 bridgehead atoms. The maximum Gasteiger partial charge on any atom is 0.306 e. The van der Waals surface area contributed by atoms with Gasteiger partial charge in [0.05, 0.1) is 0 Å². The van der Waals surface area contributed by atoms with Crippen molar-refractivity contribution in [3.63, 3.8) is 0 Å². The van der Waals surface area contributed by atoms with Gasteiger partial charge < -0.3 is 14.2 Å².